The highest BCUT2D eigenvalue weighted by molar-refractivity contribution is 6.30. The number of nitrogens with two attached hydrogens (primary N) is 2. The minimum absolute atomic E-state index is 0.234. The van der Waals surface area contributed by atoms with Crippen molar-refractivity contribution in [1.29, 1.82) is 0 Å². The monoisotopic (exact) mass is 214 g/mol. The summed E-state index contributed by atoms with van der Waals surface area (Å²) in [5.74, 6) is 0.771. The van der Waals surface area contributed by atoms with Gasteiger partial charge < -0.3 is 16.2 Å². The summed E-state index contributed by atoms with van der Waals surface area (Å²) in [7, 11) is 1.61. The summed E-state index contributed by atoms with van der Waals surface area (Å²) in [5, 5.41) is 0.655. The van der Waals surface area contributed by atoms with E-state index in [0.717, 1.165) is 16.9 Å². The van der Waals surface area contributed by atoms with E-state index in [4.69, 9.17) is 27.8 Å². The highest BCUT2D eigenvalue weighted by atomic mass is 35.5. The minimum atomic E-state index is -0.234. The van der Waals surface area contributed by atoms with E-state index in [9.17, 15) is 0 Å². The van der Waals surface area contributed by atoms with Gasteiger partial charge in [-0.2, -0.15) is 0 Å². The van der Waals surface area contributed by atoms with Crippen molar-refractivity contribution < 1.29 is 4.74 Å². The molecule has 1 aromatic rings. The number of ether oxygens (including phenoxy) is 1. The average Bonchev–Trinajstić information content (AvgIpc) is 2.15. The fourth-order valence-corrected chi connectivity index (χ4v) is 1.72. The SMILES string of the molecule is COc1c(C)cc(Cl)cc1C(N)CN. The van der Waals surface area contributed by atoms with Gasteiger partial charge in [-0.15, -0.1) is 0 Å². The second-order valence-electron chi connectivity index (χ2n) is 3.19. The molecule has 0 saturated carbocycles. The predicted octanol–water partition coefficient (Wildman–Crippen LogP) is 1.62. The van der Waals surface area contributed by atoms with E-state index in [1.54, 1.807) is 13.2 Å². The Hall–Kier alpha value is -0.770. The molecular formula is C10H15ClN2O. The quantitative estimate of drug-likeness (QED) is 0.804. The number of aryl methyl sites for hydroxylation is 1. The van der Waals surface area contributed by atoms with Crippen molar-refractivity contribution in [3.63, 3.8) is 0 Å². The van der Waals surface area contributed by atoms with Gasteiger partial charge in [-0.25, -0.2) is 0 Å². The molecule has 1 unspecified atom stereocenters. The van der Waals surface area contributed by atoms with Crippen molar-refractivity contribution in [2.75, 3.05) is 13.7 Å². The Morgan fingerprint density at radius 2 is 2.14 bits per heavy atom. The Kier molecular flexibility index (Phi) is 3.75. The van der Waals surface area contributed by atoms with Crippen LogP contribution in [0.4, 0.5) is 0 Å². The molecule has 3 nitrogen and oxygen atoms in total. The van der Waals surface area contributed by atoms with Gasteiger partial charge in [-0.05, 0) is 24.6 Å². The number of benzene rings is 1. The first-order valence-electron chi connectivity index (χ1n) is 4.39. The second kappa shape index (κ2) is 4.64. The van der Waals surface area contributed by atoms with Crippen molar-refractivity contribution in [1.82, 2.24) is 0 Å². The smallest absolute Gasteiger partial charge is 0.126 e. The van der Waals surface area contributed by atoms with Gasteiger partial charge in [-0.1, -0.05) is 11.6 Å². The molecule has 0 saturated heterocycles. The average molecular weight is 215 g/mol. The molecule has 0 spiro atoms. The predicted molar refractivity (Wildman–Crippen MR) is 58.7 cm³/mol. The lowest BCUT2D eigenvalue weighted by atomic mass is 10.0. The Labute approximate surface area is 89.0 Å². The molecule has 0 bridgehead atoms. The Balaban J connectivity index is 3.24. The molecule has 0 aliphatic carbocycles. The Morgan fingerprint density at radius 3 is 2.64 bits per heavy atom. The number of methoxy groups -OCH3 is 1. The van der Waals surface area contributed by atoms with Gasteiger partial charge in [0.1, 0.15) is 5.75 Å². The van der Waals surface area contributed by atoms with Crippen LogP contribution in [0, 0.1) is 6.92 Å². The van der Waals surface area contributed by atoms with E-state index in [1.807, 2.05) is 13.0 Å². The fourth-order valence-electron chi connectivity index (χ4n) is 1.44. The third-order valence-corrected chi connectivity index (χ3v) is 2.34. The molecule has 0 heterocycles. The third-order valence-electron chi connectivity index (χ3n) is 2.13. The molecule has 0 fully saturated rings. The summed E-state index contributed by atoms with van der Waals surface area (Å²) in [4.78, 5) is 0. The van der Waals surface area contributed by atoms with Crippen LogP contribution in [0.1, 0.15) is 17.2 Å². The first-order chi connectivity index (χ1) is 6.60. The van der Waals surface area contributed by atoms with Crippen molar-refractivity contribution in [2.45, 2.75) is 13.0 Å². The first kappa shape index (κ1) is 11.3. The summed E-state index contributed by atoms with van der Waals surface area (Å²) in [6.45, 7) is 2.30. The largest absolute Gasteiger partial charge is 0.496 e. The number of hydrogen-bond donors (Lipinski definition) is 2. The van der Waals surface area contributed by atoms with Gasteiger partial charge in [-0.3, -0.25) is 0 Å². The molecule has 4 heteroatoms. The maximum atomic E-state index is 5.93. The number of hydrogen-bond acceptors (Lipinski definition) is 3. The van der Waals surface area contributed by atoms with E-state index in [2.05, 4.69) is 0 Å². The molecule has 1 aromatic carbocycles. The van der Waals surface area contributed by atoms with Gasteiger partial charge in [0.25, 0.3) is 0 Å². The molecule has 0 aromatic heterocycles. The zero-order valence-electron chi connectivity index (χ0n) is 8.38. The van der Waals surface area contributed by atoms with Crippen molar-refractivity contribution in [2.24, 2.45) is 11.5 Å². The Morgan fingerprint density at radius 1 is 1.50 bits per heavy atom. The van der Waals surface area contributed by atoms with E-state index in [1.165, 1.54) is 0 Å². The molecular weight excluding hydrogens is 200 g/mol. The van der Waals surface area contributed by atoms with Crippen molar-refractivity contribution in [3.8, 4) is 5.75 Å². The maximum Gasteiger partial charge on any atom is 0.126 e. The van der Waals surface area contributed by atoms with Crippen LogP contribution in [0.2, 0.25) is 5.02 Å². The van der Waals surface area contributed by atoms with Crippen LogP contribution in [0.3, 0.4) is 0 Å². The Bertz CT molecular complexity index is 328. The highest BCUT2D eigenvalue weighted by Gasteiger charge is 2.13. The summed E-state index contributed by atoms with van der Waals surface area (Å²) < 4.78 is 5.26. The number of halogens is 1. The van der Waals surface area contributed by atoms with Crippen LogP contribution in [-0.2, 0) is 0 Å². The van der Waals surface area contributed by atoms with Gasteiger partial charge in [0, 0.05) is 23.2 Å². The zero-order valence-corrected chi connectivity index (χ0v) is 9.14. The summed E-state index contributed by atoms with van der Waals surface area (Å²) >= 11 is 5.93. The normalized spacial score (nSPS) is 12.6. The molecule has 1 rings (SSSR count). The van der Waals surface area contributed by atoms with Crippen LogP contribution in [0.25, 0.3) is 0 Å². The summed E-state index contributed by atoms with van der Waals surface area (Å²) in [6.07, 6.45) is 0. The first-order valence-corrected chi connectivity index (χ1v) is 4.77. The van der Waals surface area contributed by atoms with Crippen LogP contribution < -0.4 is 16.2 Å². The van der Waals surface area contributed by atoms with E-state index >= 15 is 0 Å². The standard InChI is InChI=1S/C10H15ClN2O/c1-6-3-7(11)4-8(9(13)5-12)10(6)14-2/h3-4,9H,5,12-13H2,1-2H3. The lowest BCUT2D eigenvalue weighted by molar-refractivity contribution is 0.403. The molecule has 1 atom stereocenters. The van der Waals surface area contributed by atoms with Crippen LogP contribution in [0.15, 0.2) is 12.1 Å². The van der Waals surface area contributed by atoms with Crippen LogP contribution in [-0.4, -0.2) is 13.7 Å². The zero-order chi connectivity index (χ0) is 10.7. The maximum absolute atomic E-state index is 5.93. The number of rotatable bonds is 3. The molecule has 0 radical (unpaired) electrons. The van der Waals surface area contributed by atoms with Crippen molar-refractivity contribution >= 4 is 11.6 Å². The lowest BCUT2D eigenvalue weighted by Crippen LogP contribution is -2.21. The second-order valence-corrected chi connectivity index (χ2v) is 3.62. The molecule has 0 aliphatic heterocycles. The van der Waals surface area contributed by atoms with Gasteiger partial charge in [0.15, 0.2) is 0 Å². The topological polar surface area (TPSA) is 61.3 Å². The molecule has 0 aliphatic rings. The van der Waals surface area contributed by atoms with Gasteiger partial charge in [0.05, 0.1) is 7.11 Å². The highest BCUT2D eigenvalue weighted by Crippen LogP contribution is 2.30. The van der Waals surface area contributed by atoms with E-state index in [0.29, 0.717) is 11.6 Å². The molecule has 78 valence electrons. The van der Waals surface area contributed by atoms with E-state index in [-0.39, 0.29) is 6.04 Å². The van der Waals surface area contributed by atoms with Crippen LogP contribution in [0.5, 0.6) is 5.75 Å². The molecule has 4 N–H and O–H groups in total. The minimum Gasteiger partial charge on any atom is -0.496 e. The van der Waals surface area contributed by atoms with Crippen LogP contribution >= 0.6 is 11.6 Å². The van der Waals surface area contributed by atoms with Gasteiger partial charge >= 0.3 is 0 Å². The third kappa shape index (κ3) is 2.18. The van der Waals surface area contributed by atoms with Gasteiger partial charge in [0.2, 0.25) is 0 Å². The molecule has 14 heavy (non-hydrogen) atoms. The summed E-state index contributed by atoms with van der Waals surface area (Å²) in [5.41, 5.74) is 13.2. The molecule has 0 amide bonds. The lowest BCUT2D eigenvalue weighted by Gasteiger charge is -2.16. The summed E-state index contributed by atoms with van der Waals surface area (Å²) in [6, 6.07) is 3.40. The van der Waals surface area contributed by atoms with Crippen molar-refractivity contribution in [3.05, 3.63) is 28.3 Å². The van der Waals surface area contributed by atoms with E-state index < -0.39 is 0 Å². The fraction of sp³-hybridized carbons (Fsp3) is 0.400.